The molecule has 1 N–H and O–H groups in total. The molecule has 0 aromatic carbocycles. The molecule has 1 aliphatic heterocycles. The van der Waals surface area contributed by atoms with E-state index in [-0.39, 0.29) is 0 Å². The maximum Gasteiger partial charge on any atom is 0.0329 e. The van der Waals surface area contributed by atoms with Crippen LogP contribution in [0.4, 0.5) is 0 Å². The summed E-state index contributed by atoms with van der Waals surface area (Å²) < 4.78 is 0. The fourth-order valence-corrected chi connectivity index (χ4v) is 2.25. The molecule has 0 aromatic heterocycles. The third kappa shape index (κ3) is 3.38. The molecule has 0 spiro atoms. The number of nitrogens with one attached hydrogen (secondary N) is 1. The molecule has 2 rings (SSSR count). The SMILES string of the molecule is CC.CN[C@@H]1CCN(C2=CC=C(C)CC2)C1. The van der Waals surface area contributed by atoms with Gasteiger partial charge in [-0.1, -0.05) is 25.5 Å². The van der Waals surface area contributed by atoms with Gasteiger partial charge in [0.2, 0.25) is 0 Å². The molecule has 0 amide bonds. The van der Waals surface area contributed by atoms with Gasteiger partial charge < -0.3 is 10.2 Å². The van der Waals surface area contributed by atoms with E-state index in [1.807, 2.05) is 13.8 Å². The first-order valence-electron chi connectivity index (χ1n) is 6.58. The molecule has 1 saturated heterocycles. The second-order valence-corrected chi connectivity index (χ2v) is 4.39. The van der Waals surface area contributed by atoms with Crippen molar-refractivity contribution in [2.45, 2.75) is 46.1 Å². The summed E-state index contributed by atoms with van der Waals surface area (Å²) in [6.45, 7) is 8.63. The van der Waals surface area contributed by atoms with E-state index >= 15 is 0 Å². The van der Waals surface area contributed by atoms with Crippen LogP contribution in [-0.4, -0.2) is 31.1 Å². The summed E-state index contributed by atoms with van der Waals surface area (Å²) in [7, 11) is 2.06. The molecule has 92 valence electrons. The average Bonchev–Trinajstić information content (AvgIpc) is 2.81. The van der Waals surface area contributed by atoms with E-state index in [0.717, 1.165) is 0 Å². The normalized spacial score (nSPS) is 24.5. The van der Waals surface area contributed by atoms with Gasteiger partial charge in [-0.15, -0.1) is 0 Å². The van der Waals surface area contributed by atoms with Crippen molar-refractivity contribution in [3.63, 3.8) is 0 Å². The molecule has 0 aromatic rings. The van der Waals surface area contributed by atoms with Crippen LogP contribution in [0.15, 0.2) is 23.4 Å². The highest BCUT2D eigenvalue weighted by Crippen LogP contribution is 2.24. The zero-order valence-electron chi connectivity index (χ0n) is 11.2. The Morgan fingerprint density at radius 2 is 2.00 bits per heavy atom. The van der Waals surface area contributed by atoms with Crippen molar-refractivity contribution in [1.82, 2.24) is 10.2 Å². The zero-order valence-corrected chi connectivity index (χ0v) is 11.2. The van der Waals surface area contributed by atoms with Gasteiger partial charge in [0.15, 0.2) is 0 Å². The first kappa shape index (κ1) is 13.3. The van der Waals surface area contributed by atoms with Gasteiger partial charge in [0, 0.05) is 24.8 Å². The Balaban J connectivity index is 0.000000606. The van der Waals surface area contributed by atoms with Crippen LogP contribution >= 0.6 is 0 Å². The van der Waals surface area contributed by atoms with E-state index in [0.29, 0.717) is 6.04 Å². The maximum atomic E-state index is 3.36. The van der Waals surface area contributed by atoms with Crippen LogP contribution in [0.2, 0.25) is 0 Å². The first-order chi connectivity index (χ1) is 7.79. The van der Waals surface area contributed by atoms with Crippen LogP contribution in [0.5, 0.6) is 0 Å². The fraction of sp³-hybridized carbons (Fsp3) is 0.714. The summed E-state index contributed by atoms with van der Waals surface area (Å²) in [4.78, 5) is 2.53. The molecule has 0 radical (unpaired) electrons. The maximum absolute atomic E-state index is 3.36. The molecule has 1 aliphatic carbocycles. The van der Waals surface area contributed by atoms with Crippen molar-refractivity contribution in [2.75, 3.05) is 20.1 Å². The van der Waals surface area contributed by atoms with Crippen molar-refractivity contribution in [3.05, 3.63) is 23.4 Å². The second-order valence-electron chi connectivity index (χ2n) is 4.39. The Morgan fingerprint density at radius 1 is 1.25 bits per heavy atom. The molecule has 1 atom stereocenters. The van der Waals surface area contributed by atoms with Crippen LogP contribution in [0.3, 0.4) is 0 Å². The van der Waals surface area contributed by atoms with Crippen LogP contribution in [0, 0.1) is 0 Å². The van der Waals surface area contributed by atoms with Crippen molar-refractivity contribution >= 4 is 0 Å². The summed E-state index contributed by atoms with van der Waals surface area (Å²) in [5.41, 5.74) is 3.05. The van der Waals surface area contributed by atoms with Gasteiger partial charge in [-0.3, -0.25) is 0 Å². The Labute approximate surface area is 100 Å². The average molecular weight is 222 g/mol. The minimum atomic E-state index is 0.697. The Morgan fingerprint density at radius 3 is 2.50 bits per heavy atom. The number of likely N-dealkylation sites (tertiary alicyclic amines) is 1. The third-order valence-corrected chi connectivity index (χ3v) is 3.34. The monoisotopic (exact) mass is 222 g/mol. The lowest BCUT2D eigenvalue weighted by Crippen LogP contribution is -2.29. The third-order valence-electron chi connectivity index (χ3n) is 3.34. The van der Waals surface area contributed by atoms with Crippen molar-refractivity contribution in [2.24, 2.45) is 0 Å². The van der Waals surface area contributed by atoms with E-state index in [2.05, 4.69) is 36.3 Å². The van der Waals surface area contributed by atoms with Crippen LogP contribution in [-0.2, 0) is 0 Å². The van der Waals surface area contributed by atoms with Crippen molar-refractivity contribution in [3.8, 4) is 0 Å². The largest absolute Gasteiger partial charge is 0.373 e. The molecule has 1 heterocycles. The number of allylic oxidation sites excluding steroid dienone is 4. The van der Waals surface area contributed by atoms with E-state index in [1.54, 1.807) is 0 Å². The van der Waals surface area contributed by atoms with E-state index in [9.17, 15) is 0 Å². The molecule has 2 aliphatic rings. The molecule has 0 saturated carbocycles. The molecule has 0 bridgehead atoms. The molecule has 2 heteroatoms. The lowest BCUT2D eigenvalue weighted by atomic mass is 10.0. The second kappa shape index (κ2) is 6.74. The minimum absolute atomic E-state index is 0.697. The Hall–Kier alpha value is -0.760. The summed E-state index contributed by atoms with van der Waals surface area (Å²) >= 11 is 0. The standard InChI is InChI=1S/C12H20N2.C2H6/c1-10-3-5-12(6-4-10)14-8-7-11(9-14)13-2;1-2/h3,5,11,13H,4,6-9H2,1-2H3;1-2H3/t11-;/m1./s1. The van der Waals surface area contributed by atoms with E-state index < -0.39 is 0 Å². The van der Waals surface area contributed by atoms with Crippen LogP contribution in [0.1, 0.15) is 40.0 Å². The molecule has 1 fully saturated rings. The summed E-state index contributed by atoms with van der Waals surface area (Å²) in [6, 6.07) is 0.697. The predicted octanol–water partition coefficient (Wildman–Crippen LogP) is 2.93. The number of hydrogen-bond donors (Lipinski definition) is 1. The van der Waals surface area contributed by atoms with Gasteiger partial charge in [-0.25, -0.2) is 0 Å². The summed E-state index contributed by atoms with van der Waals surface area (Å²) in [5.74, 6) is 0. The van der Waals surface area contributed by atoms with Gasteiger partial charge in [-0.05, 0) is 39.3 Å². The van der Waals surface area contributed by atoms with Crippen LogP contribution in [0.25, 0.3) is 0 Å². The topological polar surface area (TPSA) is 15.3 Å². The minimum Gasteiger partial charge on any atom is -0.373 e. The van der Waals surface area contributed by atoms with Crippen LogP contribution < -0.4 is 5.32 Å². The van der Waals surface area contributed by atoms with Crippen molar-refractivity contribution in [1.29, 1.82) is 0 Å². The van der Waals surface area contributed by atoms with E-state index in [1.165, 1.54) is 43.6 Å². The smallest absolute Gasteiger partial charge is 0.0329 e. The molecular formula is C14H26N2. The lowest BCUT2D eigenvalue weighted by molar-refractivity contribution is 0.394. The van der Waals surface area contributed by atoms with Gasteiger partial charge in [-0.2, -0.15) is 0 Å². The first-order valence-corrected chi connectivity index (χ1v) is 6.58. The van der Waals surface area contributed by atoms with Gasteiger partial charge in [0.25, 0.3) is 0 Å². The highest BCUT2D eigenvalue weighted by atomic mass is 15.2. The molecule has 2 nitrogen and oxygen atoms in total. The van der Waals surface area contributed by atoms with Gasteiger partial charge in [0.1, 0.15) is 0 Å². The Kier molecular flexibility index (Phi) is 5.61. The highest BCUT2D eigenvalue weighted by Gasteiger charge is 2.22. The highest BCUT2D eigenvalue weighted by molar-refractivity contribution is 5.22. The van der Waals surface area contributed by atoms with E-state index in [4.69, 9.17) is 0 Å². The summed E-state index contributed by atoms with van der Waals surface area (Å²) in [5, 5.41) is 3.36. The quantitative estimate of drug-likeness (QED) is 0.773. The number of nitrogens with zero attached hydrogens (tertiary/aromatic N) is 1. The van der Waals surface area contributed by atoms with Crippen molar-refractivity contribution < 1.29 is 0 Å². The molecular weight excluding hydrogens is 196 g/mol. The fourth-order valence-electron chi connectivity index (χ4n) is 2.25. The Bertz CT molecular complexity index is 266. The van der Waals surface area contributed by atoms with Gasteiger partial charge in [0.05, 0.1) is 0 Å². The van der Waals surface area contributed by atoms with Gasteiger partial charge >= 0.3 is 0 Å². The molecule has 0 unspecified atom stereocenters. The summed E-state index contributed by atoms with van der Waals surface area (Å²) in [6.07, 6.45) is 8.34. The lowest BCUT2D eigenvalue weighted by Gasteiger charge is -2.24. The number of hydrogen-bond acceptors (Lipinski definition) is 2. The number of rotatable bonds is 2. The zero-order chi connectivity index (χ0) is 12.0. The molecule has 16 heavy (non-hydrogen) atoms. The number of likely N-dealkylation sites (N-methyl/N-ethyl adjacent to an activating group) is 1. The predicted molar refractivity (Wildman–Crippen MR) is 71.5 cm³/mol.